The van der Waals surface area contributed by atoms with Gasteiger partial charge in [0, 0.05) is 40.4 Å². The van der Waals surface area contributed by atoms with Gasteiger partial charge in [-0.1, -0.05) is 55.4 Å². The first-order chi connectivity index (χ1) is 16.9. The van der Waals surface area contributed by atoms with E-state index < -0.39 is 6.17 Å². The predicted molar refractivity (Wildman–Crippen MR) is 141 cm³/mol. The van der Waals surface area contributed by atoms with Crippen molar-refractivity contribution in [3.8, 4) is 34.0 Å². The Hall–Kier alpha value is -3.23. The van der Waals surface area contributed by atoms with Gasteiger partial charge in [0.25, 0.3) is 0 Å². The lowest BCUT2D eigenvalue weighted by Gasteiger charge is -2.09. The molecule has 0 saturated carbocycles. The number of nitrogens with one attached hydrogen (secondary N) is 1. The zero-order chi connectivity index (χ0) is 24.8. The largest absolute Gasteiger partial charge is 0.382 e. The maximum Gasteiger partial charge on any atom is 0.189 e. The molecule has 0 amide bonds. The summed E-state index contributed by atoms with van der Waals surface area (Å²) in [5, 5.41) is 7.86. The standard InChI is InChI=1S/C27H30FN5OS/c1-4-18(3)35-22-11-9-21(10-12-22)24-16-31-27(29)26(32-24)25-13-23(33-34-25)20-7-5-19(6-8-20)15-30-14-17(2)28/h5-13,16-18,30H,4,14-15H2,1-3H3,(H2,29,31). The van der Waals surface area contributed by atoms with Gasteiger partial charge < -0.3 is 15.6 Å². The van der Waals surface area contributed by atoms with Crippen LogP contribution in [-0.4, -0.2) is 33.1 Å². The summed E-state index contributed by atoms with van der Waals surface area (Å²) in [6.07, 6.45) is 1.92. The Morgan fingerprint density at radius 2 is 1.71 bits per heavy atom. The van der Waals surface area contributed by atoms with Crippen LogP contribution in [0, 0.1) is 0 Å². The maximum absolute atomic E-state index is 13.0. The third-order valence-electron chi connectivity index (χ3n) is 5.61. The van der Waals surface area contributed by atoms with Crippen molar-refractivity contribution in [3.05, 3.63) is 66.4 Å². The zero-order valence-electron chi connectivity index (χ0n) is 20.2. The third kappa shape index (κ3) is 6.46. The highest BCUT2D eigenvalue weighted by atomic mass is 32.2. The van der Waals surface area contributed by atoms with Crippen molar-refractivity contribution in [1.82, 2.24) is 20.4 Å². The topological polar surface area (TPSA) is 89.9 Å². The molecule has 2 unspecified atom stereocenters. The van der Waals surface area contributed by atoms with Crippen LogP contribution in [0.2, 0.25) is 0 Å². The van der Waals surface area contributed by atoms with E-state index in [1.165, 1.54) is 11.8 Å². The van der Waals surface area contributed by atoms with E-state index in [1.54, 1.807) is 6.20 Å². The molecule has 0 spiro atoms. The molecule has 2 aromatic carbocycles. The number of halogens is 1. The number of thioether (sulfide) groups is 1. The molecule has 35 heavy (non-hydrogen) atoms. The van der Waals surface area contributed by atoms with Gasteiger partial charge in [-0.05, 0) is 31.0 Å². The molecule has 0 saturated heterocycles. The Bertz CT molecular complexity index is 1240. The Balaban J connectivity index is 1.50. The van der Waals surface area contributed by atoms with Crippen LogP contribution in [0.15, 0.2) is 70.2 Å². The first-order valence-corrected chi connectivity index (χ1v) is 12.6. The number of anilines is 1. The number of hydrogen-bond acceptors (Lipinski definition) is 7. The first kappa shape index (κ1) is 24.9. The Kier molecular flexibility index (Phi) is 8.15. The number of rotatable bonds is 10. The first-order valence-electron chi connectivity index (χ1n) is 11.7. The minimum absolute atomic E-state index is 0.281. The van der Waals surface area contributed by atoms with Crippen LogP contribution < -0.4 is 11.1 Å². The van der Waals surface area contributed by atoms with Gasteiger partial charge in [-0.3, -0.25) is 0 Å². The minimum atomic E-state index is -0.871. The summed E-state index contributed by atoms with van der Waals surface area (Å²) < 4.78 is 18.5. The summed E-state index contributed by atoms with van der Waals surface area (Å²) in [6.45, 7) is 6.89. The Labute approximate surface area is 209 Å². The highest BCUT2D eigenvalue weighted by Gasteiger charge is 2.15. The van der Waals surface area contributed by atoms with Gasteiger partial charge >= 0.3 is 0 Å². The second kappa shape index (κ2) is 11.5. The van der Waals surface area contributed by atoms with E-state index in [4.69, 9.17) is 15.2 Å². The van der Waals surface area contributed by atoms with Crippen molar-refractivity contribution in [1.29, 1.82) is 0 Å². The third-order valence-corrected chi connectivity index (χ3v) is 6.89. The molecule has 0 aliphatic heterocycles. The van der Waals surface area contributed by atoms with Gasteiger partial charge in [0.05, 0.1) is 11.9 Å². The molecule has 2 atom stereocenters. The van der Waals surface area contributed by atoms with E-state index in [2.05, 4.69) is 41.4 Å². The SMILES string of the molecule is CCC(C)Sc1ccc(-c2cnc(N)c(-c3cc(-c4ccc(CNCC(C)F)cc4)no3)n2)cc1. The Morgan fingerprint density at radius 1 is 1.03 bits per heavy atom. The minimum Gasteiger partial charge on any atom is -0.382 e. The van der Waals surface area contributed by atoms with Crippen LogP contribution in [0.5, 0.6) is 0 Å². The van der Waals surface area contributed by atoms with Crippen molar-refractivity contribution in [2.24, 2.45) is 0 Å². The monoisotopic (exact) mass is 491 g/mol. The fourth-order valence-electron chi connectivity index (χ4n) is 3.47. The van der Waals surface area contributed by atoms with Crippen LogP contribution in [0.25, 0.3) is 34.0 Å². The molecule has 0 radical (unpaired) electrons. The summed E-state index contributed by atoms with van der Waals surface area (Å²) in [4.78, 5) is 10.3. The predicted octanol–water partition coefficient (Wildman–Crippen LogP) is 6.39. The van der Waals surface area contributed by atoms with Crippen LogP contribution in [0.1, 0.15) is 32.8 Å². The van der Waals surface area contributed by atoms with Gasteiger partial charge in [0.1, 0.15) is 11.9 Å². The molecule has 0 bridgehead atoms. The van der Waals surface area contributed by atoms with Crippen LogP contribution >= 0.6 is 11.8 Å². The molecule has 4 rings (SSSR count). The van der Waals surface area contributed by atoms with Gasteiger partial charge in [0.2, 0.25) is 0 Å². The summed E-state index contributed by atoms with van der Waals surface area (Å²) in [7, 11) is 0. The van der Waals surface area contributed by atoms with Gasteiger partial charge in [0.15, 0.2) is 17.3 Å². The average molecular weight is 492 g/mol. The highest BCUT2D eigenvalue weighted by molar-refractivity contribution is 7.99. The maximum atomic E-state index is 13.0. The van der Waals surface area contributed by atoms with Crippen LogP contribution in [0.4, 0.5) is 10.2 Å². The molecule has 2 aromatic heterocycles. The molecule has 0 fully saturated rings. The van der Waals surface area contributed by atoms with E-state index in [-0.39, 0.29) is 5.82 Å². The van der Waals surface area contributed by atoms with Gasteiger partial charge in [-0.2, -0.15) is 0 Å². The van der Waals surface area contributed by atoms with Crippen molar-refractivity contribution in [2.45, 2.75) is 50.1 Å². The zero-order valence-corrected chi connectivity index (χ0v) is 21.0. The molecule has 2 heterocycles. The fourth-order valence-corrected chi connectivity index (χ4v) is 4.39. The summed E-state index contributed by atoms with van der Waals surface area (Å²) >= 11 is 1.86. The van der Waals surface area contributed by atoms with E-state index in [1.807, 2.05) is 54.2 Å². The number of hydrogen-bond donors (Lipinski definition) is 2. The lowest BCUT2D eigenvalue weighted by Crippen LogP contribution is -2.21. The smallest absolute Gasteiger partial charge is 0.189 e. The van der Waals surface area contributed by atoms with Crippen molar-refractivity contribution in [3.63, 3.8) is 0 Å². The number of nitrogens with two attached hydrogens (primary N) is 1. The fraction of sp³-hybridized carbons (Fsp3) is 0.296. The van der Waals surface area contributed by atoms with Crippen molar-refractivity contribution < 1.29 is 8.91 Å². The molecule has 3 N–H and O–H groups in total. The van der Waals surface area contributed by atoms with E-state index in [0.29, 0.717) is 41.2 Å². The number of nitrogen functional groups attached to an aromatic ring is 1. The van der Waals surface area contributed by atoms with Crippen molar-refractivity contribution >= 4 is 17.6 Å². The normalized spacial score (nSPS) is 13.0. The average Bonchev–Trinajstić information content (AvgIpc) is 3.35. The second-order valence-corrected chi connectivity index (χ2v) is 10.0. The van der Waals surface area contributed by atoms with E-state index in [0.717, 1.165) is 23.1 Å². The lowest BCUT2D eigenvalue weighted by atomic mass is 10.1. The number of aromatic nitrogens is 3. The number of nitrogens with zero attached hydrogens (tertiary/aromatic N) is 3. The highest BCUT2D eigenvalue weighted by Crippen LogP contribution is 2.31. The second-order valence-electron chi connectivity index (χ2n) is 8.54. The van der Waals surface area contributed by atoms with Crippen LogP contribution in [-0.2, 0) is 6.54 Å². The van der Waals surface area contributed by atoms with Gasteiger partial charge in [-0.15, -0.1) is 11.8 Å². The Morgan fingerprint density at radius 3 is 2.40 bits per heavy atom. The van der Waals surface area contributed by atoms with Crippen LogP contribution in [0.3, 0.4) is 0 Å². The summed E-state index contributed by atoms with van der Waals surface area (Å²) in [5.41, 5.74) is 10.9. The molecule has 8 heteroatoms. The molecule has 0 aliphatic carbocycles. The molecule has 6 nitrogen and oxygen atoms in total. The van der Waals surface area contributed by atoms with E-state index in [9.17, 15) is 4.39 Å². The molecule has 0 aliphatic rings. The lowest BCUT2D eigenvalue weighted by molar-refractivity contribution is 0.344. The number of benzene rings is 2. The molecular formula is C27H30FN5OS. The quantitative estimate of drug-likeness (QED) is 0.249. The molecule has 4 aromatic rings. The van der Waals surface area contributed by atoms with Crippen molar-refractivity contribution in [2.75, 3.05) is 12.3 Å². The number of alkyl halides is 1. The summed E-state index contributed by atoms with van der Waals surface area (Å²) in [6, 6.07) is 18.0. The summed E-state index contributed by atoms with van der Waals surface area (Å²) in [5.74, 6) is 0.738. The molecule has 182 valence electrons. The van der Waals surface area contributed by atoms with E-state index >= 15 is 0 Å². The molecular weight excluding hydrogens is 461 g/mol. The van der Waals surface area contributed by atoms with Gasteiger partial charge in [-0.25, -0.2) is 14.4 Å².